The summed E-state index contributed by atoms with van der Waals surface area (Å²) >= 11 is 1.36. The number of aromatic nitrogens is 3. The molecule has 0 N–H and O–H groups in total. The monoisotopic (exact) mass is 424 g/mol. The zero-order valence-electron chi connectivity index (χ0n) is 16.9. The number of nitrogens with zero attached hydrogens (tertiary/aromatic N) is 4. The number of hydrogen-bond acceptors (Lipinski definition) is 8. The highest BCUT2D eigenvalue weighted by atomic mass is 32.2. The van der Waals surface area contributed by atoms with Crippen LogP contribution in [-0.2, 0) is 4.79 Å². The summed E-state index contributed by atoms with van der Waals surface area (Å²) in [4.78, 5) is 18.9. The zero-order chi connectivity index (χ0) is 21.3. The average Bonchev–Trinajstić information content (AvgIpc) is 2.92. The lowest BCUT2D eigenvalue weighted by molar-refractivity contribution is -0.118. The van der Waals surface area contributed by atoms with Gasteiger partial charge < -0.3 is 14.2 Å². The fraction of sp³-hybridized carbons (Fsp3) is 0.238. The van der Waals surface area contributed by atoms with Gasteiger partial charge in [-0.05, 0) is 24.5 Å². The summed E-state index contributed by atoms with van der Waals surface area (Å²) in [5, 5.41) is 8.96. The Labute approximate surface area is 178 Å². The molecule has 1 aliphatic rings. The van der Waals surface area contributed by atoms with Crippen LogP contribution in [0.25, 0.3) is 11.3 Å². The molecule has 0 saturated carbocycles. The first-order valence-electron chi connectivity index (χ1n) is 9.13. The van der Waals surface area contributed by atoms with Gasteiger partial charge in [-0.2, -0.15) is 4.98 Å². The summed E-state index contributed by atoms with van der Waals surface area (Å²) < 4.78 is 17.2. The molecule has 1 aromatic heterocycles. The summed E-state index contributed by atoms with van der Waals surface area (Å²) in [6.07, 6.45) is 1.04. The van der Waals surface area contributed by atoms with Gasteiger partial charge in [0, 0.05) is 18.6 Å². The van der Waals surface area contributed by atoms with Gasteiger partial charge in [0.05, 0.1) is 25.5 Å². The van der Waals surface area contributed by atoms with E-state index in [1.807, 2.05) is 36.6 Å². The maximum Gasteiger partial charge on any atom is 0.247 e. The van der Waals surface area contributed by atoms with Gasteiger partial charge in [0.15, 0.2) is 5.69 Å². The van der Waals surface area contributed by atoms with Crippen LogP contribution in [0.1, 0.15) is 18.7 Å². The Morgan fingerprint density at radius 2 is 1.93 bits per heavy atom. The van der Waals surface area contributed by atoms with E-state index in [0.717, 1.165) is 0 Å². The third-order valence-electron chi connectivity index (χ3n) is 4.74. The molecule has 0 spiro atoms. The van der Waals surface area contributed by atoms with Crippen LogP contribution in [0.15, 0.2) is 47.6 Å². The number of amides is 1. The van der Waals surface area contributed by atoms with Crippen molar-refractivity contribution in [2.24, 2.45) is 0 Å². The molecule has 2 aromatic carbocycles. The number of para-hydroxylation sites is 1. The van der Waals surface area contributed by atoms with Crippen molar-refractivity contribution in [1.29, 1.82) is 0 Å². The minimum atomic E-state index is -0.822. The third kappa shape index (κ3) is 3.41. The van der Waals surface area contributed by atoms with Gasteiger partial charge in [0.2, 0.25) is 23.2 Å². The Morgan fingerprint density at radius 1 is 1.13 bits per heavy atom. The number of carbonyl (C=O) groups is 1. The van der Waals surface area contributed by atoms with E-state index in [1.54, 1.807) is 31.3 Å². The first kappa shape index (κ1) is 20.0. The van der Waals surface area contributed by atoms with E-state index in [-0.39, 0.29) is 5.91 Å². The molecule has 4 rings (SSSR count). The summed E-state index contributed by atoms with van der Waals surface area (Å²) in [5.41, 5.74) is 2.50. The number of anilines is 1. The molecule has 0 fully saturated rings. The Kier molecular flexibility index (Phi) is 5.45. The van der Waals surface area contributed by atoms with E-state index in [4.69, 9.17) is 14.2 Å². The minimum Gasteiger partial charge on any atom is -0.497 e. The Hall–Kier alpha value is -3.33. The van der Waals surface area contributed by atoms with Crippen molar-refractivity contribution in [3.8, 4) is 28.6 Å². The molecule has 0 bridgehead atoms. The molecule has 0 unspecified atom stereocenters. The highest BCUT2D eigenvalue weighted by Gasteiger charge is 2.36. The van der Waals surface area contributed by atoms with Crippen LogP contribution >= 0.6 is 11.8 Å². The number of methoxy groups -OCH3 is 2. The smallest absolute Gasteiger partial charge is 0.247 e. The molecule has 1 aliphatic heterocycles. The normalized spacial score (nSPS) is 14.8. The number of benzene rings is 2. The molecule has 8 nitrogen and oxygen atoms in total. The number of carbonyl (C=O) groups excluding carboxylic acids is 1. The minimum absolute atomic E-state index is 0.198. The number of rotatable bonds is 4. The second-order valence-electron chi connectivity index (χ2n) is 6.44. The van der Waals surface area contributed by atoms with Crippen molar-refractivity contribution in [1.82, 2.24) is 15.2 Å². The van der Waals surface area contributed by atoms with Gasteiger partial charge in [0.25, 0.3) is 0 Å². The topological polar surface area (TPSA) is 86.7 Å². The molecule has 0 saturated heterocycles. The zero-order valence-corrected chi connectivity index (χ0v) is 17.8. The number of hydrogen-bond donors (Lipinski definition) is 0. The van der Waals surface area contributed by atoms with Crippen LogP contribution < -0.4 is 19.1 Å². The van der Waals surface area contributed by atoms with Crippen LogP contribution in [0.5, 0.6) is 17.4 Å². The van der Waals surface area contributed by atoms with Crippen molar-refractivity contribution >= 4 is 23.4 Å². The quantitative estimate of drug-likeness (QED) is 0.586. The van der Waals surface area contributed by atoms with Crippen LogP contribution in [0.2, 0.25) is 0 Å². The lowest BCUT2D eigenvalue weighted by Crippen LogP contribution is -2.36. The van der Waals surface area contributed by atoms with Gasteiger partial charge in [-0.25, -0.2) is 0 Å². The summed E-state index contributed by atoms with van der Waals surface area (Å²) in [6.45, 7) is 1.49. The fourth-order valence-electron chi connectivity index (χ4n) is 3.36. The lowest BCUT2D eigenvalue weighted by atomic mass is 10.1. The van der Waals surface area contributed by atoms with E-state index in [2.05, 4.69) is 15.2 Å². The largest absolute Gasteiger partial charge is 0.497 e. The molecule has 2 heterocycles. The highest BCUT2D eigenvalue weighted by molar-refractivity contribution is 7.98. The highest BCUT2D eigenvalue weighted by Crippen LogP contribution is 2.45. The molecule has 3 aromatic rings. The predicted molar refractivity (Wildman–Crippen MR) is 113 cm³/mol. The van der Waals surface area contributed by atoms with Gasteiger partial charge >= 0.3 is 0 Å². The van der Waals surface area contributed by atoms with Crippen LogP contribution in [0, 0.1) is 0 Å². The van der Waals surface area contributed by atoms with E-state index in [1.165, 1.54) is 18.7 Å². The van der Waals surface area contributed by atoms with Crippen molar-refractivity contribution in [2.75, 3.05) is 25.4 Å². The fourth-order valence-corrected chi connectivity index (χ4v) is 3.66. The molecule has 30 heavy (non-hydrogen) atoms. The Bertz CT molecular complexity index is 1110. The molecule has 1 atom stereocenters. The third-order valence-corrected chi connectivity index (χ3v) is 5.28. The first-order valence-corrected chi connectivity index (χ1v) is 10.4. The van der Waals surface area contributed by atoms with Gasteiger partial charge in [-0.1, -0.05) is 30.0 Å². The summed E-state index contributed by atoms with van der Waals surface area (Å²) in [7, 11) is 3.14. The lowest BCUT2D eigenvalue weighted by Gasteiger charge is -2.30. The van der Waals surface area contributed by atoms with Crippen molar-refractivity contribution in [3.63, 3.8) is 0 Å². The van der Waals surface area contributed by atoms with Crippen LogP contribution in [-0.4, -0.2) is 41.6 Å². The molecule has 0 radical (unpaired) electrons. The van der Waals surface area contributed by atoms with Gasteiger partial charge in [-0.3, -0.25) is 9.69 Å². The number of thioether (sulfide) groups is 1. The molecule has 9 heteroatoms. The standard InChI is InChI=1S/C21H20N4O4S/c1-12(26)25-16-8-6-5-7-14(16)18-19(22-21(30-4)24-23-18)29-20(25)15-10-9-13(27-2)11-17(15)28-3/h5-11,20H,1-4H3/t20-/m0/s1. The first-order chi connectivity index (χ1) is 14.6. The number of ether oxygens (including phenoxy) is 3. The van der Waals surface area contributed by atoms with Gasteiger partial charge in [-0.15, -0.1) is 10.2 Å². The second kappa shape index (κ2) is 8.19. The maximum atomic E-state index is 12.8. The van der Waals surface area contributed by atoms with E-state index in [0.29, 0.717) is 45.0 Å². The summed E-state index contributed by atoms with van der Waals surface area (Å²) in [5.74, 6) is 1.26. The van der Waals surface area contributed by atoms with Gasteiger partial charge in [0.1, 0.15) is 11.5 Å². The molecule has 1 amide bonds. The summed E-state index contributed by atoms with van der Waals surface area (Å²) in [6, 6.07) is 12.8. The Balaban J connectivity index is 1.97. The van der Waals surface area contributed by atoms with E-state index in [9.17, 15) is 4.79 Å². The van der Waals surface area contributed by atoms with Crippen LogP contribution in [0.3, 0.4) is 0 Å². The SMILES string of the molecule is COc1ccc([C@@H]2Oc3nc(SC)nnc3-c3ccccc3N2C(C)=O)c(OC)c1. The van der Waals surface area contributed by atoms with Crippen molar-refractivity contribution in [3.05, 3.63) is 48.0 Å². The predicted octanol–water partition coefficient (Wildman–Crippen LogP) is 3.72. The molecular formula is C21H20N4O4S. The van der Waals surface area contributed by atoms with E-state index < -0.39 is 6.23 Å². The maximum absolute atomic E-state index is 12.8. The number of fused-ring (bicyclic) bond motifs is 3. The molecule has 154 valence electrons. The molecule has 0 aliphatic carbocycles. The second-order valence-corrected chi connectivity index (χ2v) is 7.21. The molecular weight excluding hydrogens is 404 g/mol. The van der Waals surface area contributed by atoms with E-state index >= 15 is 0 Å². The van der Waals surface area contributed by atoms with Crippen molar-refractivity contribution < 1.29 is 19.0 Å². The van der Waals surface area contributed by atoms with Crippen molar-refractivity contribution in [2.45, 2.75) is 18.3 Å². The average molecular weight is 424 g/mol. The Morgan fingerprint density at radius 3 is 2.63 bits per heavy atom. The van der Waals surface area contributed by atoms with Crippen LogP contribution in [0.4, 0.5) is 5.69 Å².